The number of rotatable bonds is 2. The van der Waals surface area contributed by atoms with Gasteiger partial charge in [-0.05, 0) is 40.5 Å². The van der Waals surface area contributed by atoms with Crippen molar-refractivity contribution in [3.63, 3.8) is 0 Å². The summed E-state index contributed by atoms with van der Waals surface area (Å²) in [5.41, 5.74) is 0.687. The number of carbonyl (C=O) groups excluding carboxylic acids is 1. The summed E-state index contributed by atoms with van der Waals surface area (Å²) < 4.78 is 22.8. The summed E-state index contributed by atoms with van der Waals surface area (Å²) in [4.78, 5) is 13.2. The lowest BCUT2D eigenvalue weighted by molar-refractivity contribution is -0.117. The number of primary sulfonamides is 1. The van der Waals surface area contributed by atoms with Gasteiger partial charge in [0.2, 0.25) is 15.9 Å². The Morgan fingerprint density at radius 3 is 2.53 bits per heavy atom. The third kappa shape index (κ3) is 2.51. The molecule has 2 rings (SSSR count). The van der Waals surface area contributed by atoms with Crippen LogP contribution in [0.25, 0.3) is 0 Å². The third-order valence-corrected chi connectivity index (χ3v) is 4.49. The van der Waals surface area contributed by atoms with Crippen LogP contribution in [0.1, 0.15) is 12.8 Å². The van der Waals surface area contributed by atoms with Crippen LogP contribution in [0.4, 0.5) is 5.69 Å². The fourth-order valence-corrected chi connectivity index (χ4v) is 3.44. The second-order valence-electron chi connectivity index (χ2n) is 3.81. The van der Waals surface area contributed by atoms with Crippen molar-refractivity contribution >= 4 is 37.5 Å². The molecule has 0 bridgehead atoms. The molecule has 1 fully saturated rings. The highest BCUT2D eigenvalue weighted by Crippen LogP contribution is 2.28. The third-order valence-electron chi connectivity index (χ3n) is 2.61. The number of benzene rings is 1. The molecule has 0 aromatic heterocycles. The van der Waals surface area contributed by atoms with E-state index in [1.54, 1.807) is 17.0 Å². The van der Waals surface area contributed by atoms with Gasteiger partial charge in [-0.3, -0.25) is 4.79 Å². The van der Waals surface area contributed by atoms with E-state index in [1.165, 1.54) is 6.07 Å². The van der Waals surface area contributed by atoms with Crippen molar-refractivity contribution in [2.75, 3.05) is 11.4 Å². The highest BCUT2D eigenvalue weighted by atomic mass is 79.9. The van der Waals surface area contributed by atoms with Gasteiger partial charge < -0.3 is 4.90 Å². The number of hydrogen-bond acceptors (Lipinski definition) is 3. The SMILES string of the molecule is NS(=O)(=O)c1ccc(N2CCCC2=O)cc1Br. The molecule has 1 heterocycles. The lowest BCUT2D eigenvalue weighted by Gasteiger charge is -2.16. The van der Waals surface area contributed by atoms with Crippen LogP contribution in [0.5, 0.6) is 0 Å². The van der Waals surface area contributed by atoms with E-state index in [0.717, 1.165) is 6.42 Å². The Morgan fingerprint density at radius 2 is 2.06 bits per heavy atom. The topological polar surface area (TPSA) is 80.5 Å². The van der Waals surface area contributed by atoms with E-state index in [9.17, 15) is 13.2 Å². The molecule has 5 nitrogen and oxygen atoms in total. The fraction of sp³-hybridized carbons (Fsp3) is 0.300. The molecule has 0 radical (unpaired) electrons. The zero-order chi connectivity index (χ0) is 12.6. The van der Waals surface area contributed by atoms with Crippen LogP contribution < -0.4 is 10.0 Å². The molecule has 1 aromatic rings. The first-order valence-corrected chi connectivity index (χ1v) is 7.36. The summed E-state index contributed by atoms with van der Waals surface area (Å²) in [5.74, 6) is 0.0558. The Bertz CT molecular complexity index is 571. The first-order chi connectivity index (χ1) is 7.89. The van der Waals surface area contributed by atoms with E-state index < -0.39 is 10.0 Å². The van der Waals surface area contributed by atoms with Gasteiger partial charge >= 0.3 is 0 Å². The van der Waals surface area contributed by atoms with Crippen LogP contribution in [-0.2, 0) is 14.8 Å². The fourth-order valence-electron chi connectivity index (χ4n) is 1.81. The van der Waals surface area contributed by atoms with E-state index in [1.807, 2.05) is 0 Å². The average Bonchev–Trinajstić information content (AvgIpc) is 2.62. The predicted molar refractivity (Wildman–Crippen MR) is 67.1 cm³/mol. The molecule has 1 aliphatic heterocycles. The Labute approximate surface area is 108 Å². The molecule has 2 N–H and O–H groups in total. The first-order valence-electron chi connectivity index (χ1n) is 5.02. The van der Waals surface area contributed by atoms with Crippen molar-refractivity contribution in [2.24, 2.45) is 5.14 Å². The molecular weight excluding hydrogens is 308 g/mol. The van der Waals surface area contributed by atoms with Crippen LogP contribution in [0, 0.1) is 0 Å². The molecule has 0 spiro atoms. The van der Waals surface area contributed by atoms with Gasteiger partial charge in [-0.15, -0.1) is 0 Å². The predicted octanol–water partition coefficient (Wildman–Crippen LogP) is 1.22. The molecule has 0 unspecified atom stereocenters. The second kappa shape index (κ2) is 4.40. The average molecular weight is 319 g/mol. The van der Waals surface area contributed by atoms with Crippen molar-refractivity contribution in [2.45, 2.75) is 17.7 Å². The zero-order valence-corrected chi connectivity index (χ0v) is 11.3. The smallest absolute Gasteiger partial charge is 0.239 e. The van der Waals surface area contributed by atoms with Crippen molar-refractivity contribution in [1.29, 1.82) is 0 Å². The van der Waals surface area contributed by atoms with Crippen LogP contribution in [0.2, 0.25) is 0 Å². The van der Waals surface area contributed by atoms with Gasteiger partial charge in [0.15, 0.2) is 0 Å². The molecule has 0 aliphatic carbocycles. The highest BCUT2D eigenvalue weighted by Gasteiger charge is 2.23. The van der Waals surface area contributed by atoms with Gasteiger partial charge in [0.05, 0.1) is 4.90 Å². The maximum atomic E-state index is 11.5. The summed E-state index contributed by atoms with van der Waals surface area (Å²) in [6, 6.07) is 4.59. The van der Waals surface area contributed by atoms with Gasteiger partial charge in [-0.2, -0.15) is 0 Å². The number of anilines is 1. The molecule has 7 heteroatoms. The summed E-state index contributed by atoms with van der Waals surface area (Å²) in [5, 5.41) is 5.05. The maximum absolute atomic E-state index is 11.5. The Morgan fingerprint density at radius 1 is 1.35 bits per heavy atom. The van der Waals surface area contributed by atoms with Crippen molar-refractivity contribution in [1.82, 2.24) is 0 Å². The highest BCUT2D eigenvalue weighted by molar-refractivity contribution is 9.10. The standard InChI is InChI=1S/C10H11BrN2O3S/c11-8-6-7(13-5-1-2-10(13)14)3-4-9(8)17(12,15)16/h3-4,6H,1-2,5H2,(H2,12,15,16). The molecular formula is C10H11BrN2O3S. The van der Waals surface area contributed by atoms with E-state index in [-0.39, 0.29) is 10.8 Å². The quantitative estimate of drug-likeness (QED) is 0.890. The van der Waals surface area contributed by atoms with E-state index in [4.69, 9.17) is 5.14 Å². The van der Waals surface area contributed by atoms with Gasteiger partial charge in [-0.1, -0.05) is 0 Å². The van der Waals surface area contributed by atoms with Crippen LogP contribution in [0.15, 0.2) is 27.6 Å². The molecule has 1 aliphatic rings. The molecule has 92 valence electrons. The van der Waals surface area contributed by atoms with Gasteiger partial charge in [-0.25, -0.2) is 13.6 Å². The number of halogens is 1. The number of hydrogen-bond donors (Lipinski definition) is 1. The minimum Gasteiger partial charge on any atom is -0.312 e. The normalized spacial score (nSPS) is 16.6. The molecule has 0 saturated carbocycles. The number of carbonyl (C=O) groups is 1. The summed E-state index contributed by atoms with van der Waals surface area (Å²) in [6.45, 7) is 0.667. The molecule has 1 saturated heterocycles. The number of nitrogens with zero attached hydrogens (tertiary/aromatic N) is 1. The summed E-state index contributed by atoms with van der Waals surface area (Å²) in [7, 11) is -3.74. The van der Waals surface area contributed by atoms with Gasteiger partial charge in [0.25, 0.3) is 0 Å². The molecule has 1 aromatic carbocycles. The Balaban J connectivity index is 2.41. The largest absolute Gasteiger partial charge is 0.312 e. The number of amides is 1. The van der Waals surface area contributed by atoms with Crippen molar-refractivity contribution in [3.8, 4) is 0 Å². The van der Waals surface area contributed by atoms with E-state index in [0.29, 0.717) is 23.1 Å². The monoisotopic (exact) mass is 318 g/mol. The molecule has 17 heavy (non-hydrogen) atoms. The lowest BCUT2D eigenvalue weighted by atomic mass is 10.3. The van der Waals surface area contributed by atoms with E-state index in [2.05, 4.69) is 15.9 Å². The Kier molecular flexibility index (Phi) is 3.24. The summed E-state index contributed by atoms with van der Waals surface area (Å²) >= 11 is 3.15. The lowest BCUT2D eigenvalue weighted by Crippen LogP contribution is -2.23. The number of nitrogens with two attached hydrogens (primary N) is 1. The van der Waals surface area contributed by atoms with Gasteiger partial charge in [0.1, 0.15) is 0 Å². The van der Waals surface area contributed by atoms with Gasteiger partial charge in [0, 0.05) is 23.1 Å². The minimum atomic E-state index is -3.74. The number of sulfonamides is 1. The second-order valence-corrected chi connectivity index (χ2v) is 6.19. The van der Waals surface area contributed by atoms with Crippen LogP contribution in [-0.4, -0.2) is 20.9 Å². The summed E-state index contributed by atoms with van der Waals surface area (Å²) in [6.07, 6.45) is 1.36. The zero-order valence-electron chi connectivity index (χ0n) is 8.89. The van der Waals surface area contributed by atoms with Crippen LogP contribution in [0.3, 0.4) is 0 Å². The minimum absolute atomic E-state index is 0.0212. The van der Waals surface area contributed by atoms with E-state index >= 15 is 0 Å². The Hall–Kier alpha value is -0.920. The first kappa shape index (κ1) is 12.5. The molecule has 1 amide bonds. The maximum Gasteiger partial charge on any atom is 0.239 e. The molecule has 0 atom stereocenters. The van der Waals surface area contributed by atoms with Crippen molar-refractivity contribution in [3.05, 3.63) is 22.7 Å². The van der Waals surface area contributed by atoms with Crippen LogP contribution >= 0.6 is 15.9 Å². The van der Waals surface area contributed by atoms with Crippen molar-refractivity contribution < 1.29 is 13.2 Å².